The van der Waals surface area contributed by atoms with Crippen LogP contribution in [0.2, 0.25) is 0 Å². The second-order valence-electron chi connectivity index (χ2n) is 6.87. The summed E-state index contributed by atoms with van der Waals surface area (Å²) in [6, 6.07) is 5.21. The van der Waals surface area contributed by atoms with Crippen molar-refractivity contribution in [2.24, 2.45) is 5.92 Å². The van der Waals surface area contributed by atoms with Gasteiger partial charge in [-0.1, -0.05) is 19.3 Å². The van der Waals surface area contributed by atoms with Gasteiger partial charge in [-0.3, -0.25) is 4.79 Å². The highest BCUT2D eigenvalue weighted by Crippen LogP contribution is 2.33. The van der Waals surface area contributed by atoms with E-state index in [0.29, 0.717) is 30.3 Å². The summed E-state index contributed by atoms with van der Waals surface area (Å²) in [7, 11) is 1.58. The molecule has 2 aliphatic rings. The quantitative estimate of drug-likeness (QED) is 0.858. The van der Waals surface area contributed by atoms with Gasteiger partial charge in [-0.05, 0) is 37.3 Å². The Balaban J connectivity index is 1.58. The second kappa shape index (κ2) is 8.23. The molecule has 1 aliphatic heterocycles. The fraction of sp³-hybridized carbons (Fsp3) is 0.579. The van der Waals surface area contributed by atoms with E-state index >= 15 is 0 Å². The molecular weight excluding hydrogens is 318 g/mol. The normalized spacial score (nSPS) is 18.3. The average molecular weight is 345 g/mol. The Kier molecular flexibility index (Phi) is 5.79. The van der Waals surface area contributed by atoms with Gasteiger partial charge in [-0.15, -0.1) is 0 Å². The van der Waals surface area contributed by atoms with Crippen molar-refractivity contribution in [2.75, 3.05) is 30.4 Å². The molecule has 1 saturated carbocycles. The smallest absolute Gasteiger partial charge is 0.319 e. The number of hydrogen-bond donors (Lipinski definition) is 2. The third-order valence-electron chi connectivity index (χ3n) is 5.08. The Morgan fingerprint density at radius 2 is 2.04 bits per heavy atom. The first-order valence-corrected chi connectivity index (χ1v) is 9.20. The lowest BCUT2D eigenvalue weighted by molar-refractivity contribution is -0.117. The molecule has 1 aromatic carbocycles. The van der Waals surface area contributed by atoms with Gasteiger partial charge < -0.3 is 20.3 Å². The lowest BCUT2D eigenvalue weighted by atomic mass is 9.89. The van der Waals surface area contributed by atoms with Crippen molar-refractivity contribution >= 4 is 23.3 Å². The van der Waals surface area contributed by atoms with Crippen LogP contribution >= 0.6 is 0 Å². The van der Waals surface area contributed by atoms with Crippen LogP contribution in [0.3, 0.4) is 0 Å². The summed E-state index contributed by atoms with van der Waals surface area (Å²) in [4.78, 5) is 25.8. The fourth-order valence-corrected chi connectivity index (χ4v) is 3.68. The van der Waals surface area contributed by atoms with Crippen molar-refractivity contribution in [3.8, 4) is 5.75 Å². The maximum absolute atomic E-state index is 12.1. The van der Waals surface area contributed by atoms with Crippen LogP contribution in [0.15, 0.2) is 18.2 Å². The number of rotatable bonds is 5. The third-order valence-corrected chi connectivity index (χ3v) is 5.08. The molecule has 136 valence electrons. The summed E-state index contributed by atoms with van der Waals surface area (Å²) in [5.74, 6) is 1.31. The number of urea groups is 1. The van der Waals surface area contributed by atoms with Crippen molar-refractivity contribution < 1.29 is 14.3 Å². The van der Waals surface area contributed by atoms with Gasteiger partial charge in [0.15, 0.2) is 0 Å². The van der Waals surface area contributed by atoms with E-state index in [-0.39, 0.29) is 11.9 Å². The summed E-state index contributed by atoms with van der Waals surface area (Å²) < 4.78 is 5.42. The molecule has 1 aliphatic carbocycles. The van der Waals surface area contributed by atoms with Gasteiger partial charge in [-0.2, -0.15) is 0 Å². The summed E-state index contributed by atoms with van der Waals surface area (Å²) in [5.41, 5.74) is 1.42. The average Bonchev–Trinajstić information content (AvgIpc) is 3.06. The van der Waals surface area contributed by atoms with Gasteiger partial charge in [-0.25, -0.2) is 4.79 Å². The van der Waals surface area contributed by atoms with E-state index in [1.54, 1.807) is 18.1 Å². The predicted octanol–water partition coefficient (Wildman–Crippen LogP) is 3.52. The molecule has 2 N–H and O–H groups in total. The third kappa shape index (κ3) is 4.44. The zero-order chi connectivity index (χ0) is 17.6. The first kappa shape index (κ1) is 17.6. The van der Waals surface area contributed by atoms with Crippen LogP contribution in [0.25, 0.3) is 0 Å². The molecule has 0 radical (unpaired) electrons. The largest absolute Gasteiger partial charge is 0.494 e. The van der Waals surface area contributed by atoms with Crippen LogP contribution in [0.1, 0.15) is 44.9 Å². The van der Waals surface area contributed by atoms with Crippen LogP contribution in [0.5, 0.6) is 5.75 Å². The second-order valence-corrected chi connectivity index (χ2v) is 6.87. The Morgan fingerprint density at radius 1 is 1.24 bits per heavy atom. The van der Waals surface area contributed by atoms with E-state index in [0.717, 1.165) is 18.7 Å². The maximum atomic E-state index is 12.1. The summed E-state index contributed by atoms with van der Waals surface area (Å²) in [6.45, 7) is 1.44. The van der Waals surface area contributed by atoms with E-state index in [1.165, 1.54) is 32.1 Å². The molecule has 0 bridgehead atoms. The molecular formula is C19H27N3O3. The van der Waals surface area contributed by atoms with E-state index < -0.39 is 0 Å². The van der Waals surface area contributed by atoms with E-state index in [4.69, 9.17) is 4.74 Å². The number of methoxy groups -OCH3 is 1. The summed E-state index contributed by atoms with van der Waals surface area (Å²) >= 11 is 0. The highest BCUT2D eigenvalue weighted by molar-refractivity contribution is 5.97. The molecule has 0 atom stereocenters. The number of anilines is 2. The molecule has 0 spiro atoms. The SMILES string of the molecule is COc1cc(NC(=O)NCC2CCCCC2)ccc1N1CCCC1=O. The number of ether oxygens (including phenoxy) is 1. The predicted molar refractivity (Wildman–Crippen MR) is 98.2 cm³/mol. The van der Waals surface area contributed by atoms with Gasteiger partial charge in [0.25, 0.3) is 0 Å². The molecule has 6 heteroatoms. The summed E-state index contributed by atoms with van der Waals surface area (Å²) in [6.07, 6.45) is 7.69. The van der Waals surface area contributed by atoms with Crippen LogP contribution in [0, 0.1) is 5.92 Å². The number of carbonyl (C=O) groups is 2. The molecule has 3 amide bonds. The Morgan fingerprint density at radius 3 is 2.72 bits per heavy atom. The van der Waals surface area contributed by atoms with Gasteiger partial charge in [0.05, 0.1) is 12.8 Å². The van der Waals surface area contributed by atoms with Crippen molar-refractivity contribution in [2.45, 2.75) is 44.9 Å². The minimum Gasteiger partial charge on any atom is -0.494 e. The van der Waals surface area contributed by atoms with Gasteiger partial charge in [0.2, 0.25) is 5.91 Å². The molecule has 1 heterocycles. The van der Waals surface area contributed by atoms with E-state index in [1.807, 2.05) is 12.1 Å². The highest BCUT2D eigenvalue weighted by Gasteiger charge is 2.24. The minimum atomic E-state index is -0.197. The highest BCUT2D eigenvalue weighted by atomic mass is 16.5. The first-order chi connectivity index (χ1) is 12.2. The Bertz CT molecular complexity index is 626. The number of carbonyl (C=O) groups excluding carboxylic acids is 2. The molecule has 3 rings (SSSR count). The molecule has 25 heavy (non-hydrogen) atoms. The molecule has 1 saturated heterocycles. The van der Waals surface area contributed by atoms with Gasteiger partial charge in [0, 0.05) is 31.3 Å². The maximum Gasteiger partial charge on any atom is 0.319 e. The number of amides is 3. The van der Waals surface area contributed by atoms with Crippen molar-refractivity contribution in [1.82, 2.24) is 5.32 Å². The summed E-state index contributed by atoms with van der Waals surface area (Å²) in [5, 5.41) is 5.81. The van der Waals surface area contributed by atoms with Crippen molar-refractivity contribution in [3.63, 3.8) is 0 Å². The minimum absolute atomic E-state index is 0.115. The number of nitrogens with zero attached hydrogens (tertiary/aromatic N) is 1. The Hall–Kier alpha value is -2.24. The van der Waals surface area contributed by atoms with E-state index in [2.05, 4.69) is 10.6 Å². The zero-order valence-corrected chi connectivity index (χ0v) is 14.8. The molecule has 6 nitrogen and oxygen atoms in total. The van der Waals surface area contributed by atoms with Gasteiger partial charge >= 0.3 is 6.03 Å². The zero-order valence-electron chi connectivity index (χ0n) is 14.8. The number of benzene rings is 1. The molecule has 2 fully saturated rings. The standard InChI is InChI=1S/C19H27N3O3/c1-25-17-12-15(9-10-16(17)22-11-5-8-18(22)23)21-19(24)20-13-14-6-3-2-4-7-14/h9-10,12,14H,2-8,11,13H2,1H3,(H2,20,21,24). The molecule has 1 aromatic rings. The monoisotopic (exact) mass is 345 g/mol. The van der Waals surface area contributed by atoms with Crippen LogP contribution in [0.4, 0.5) is 16.2 Å². The Labute approximate surface area is 148 Å². The lowest BCUT2D eigenvalue weighted by Gasteiger charge is -2.22. The first-order valence-electron chi connectivity index (χ1n) is 9.20. The number of nitrogens with one attached hydrogen (secondary N) is 2. The van der Waals surface area contributed by atoms with Crippen LogP contribution in [-0.2, 0) is 4.79 Å². The topological polar surface area (TPSA) is 70.7 Å². The van der Waals surface area contributed by atoms with Crippen molar-refractivity contribution in [1.29, 1.82) is 0 Å². The van der Waals surface area contributed by atoms with E-state index in [9.17, 15) is 9.59 Å². The van der Waals surface area contributed by atoms with Crippen LogP contribution in [-0.4, -0.2) is 32.1 Å². The van der Waals surface area contributed by atoms with Gasteiger partial charge in [0.1, 0.15) is 5.75 Å². The van der Waals surface area contributed by atoms with Crippen molar-refractivity contribution in [3.05, 3.63) is 18.2 Å². The fourth-order valence-electron chi connectivity index (χ4n) is 3.68. The van der Waals surface area contributed by atoms with Crippen LogP contribution < -0.4 is 20.3 Å². The number of hydrogen-bond acceptors (Lipinski definition) is 3. The molecule has 0 unspecified atom stereocenters. The lowest BCUT2D eigenvalue weighted by Crippen LogP contribution is -2.33. The molecule has 0 aromatic heterocycles.